The van der Waals surface area contributed by atoms with E-state index >= 15 is 0 Å². The summed E-state index contributed by atoms with van der Waals surface area (Å²) < 4.78 is 13.2. The summed E-state index contributed by atoms with van der Waals surface area (Å²) in [7, 11) is 0. The Labute approximate surface area is 100 Å². The van der Waals surface area contributed by atoms with E-state index in [9.17, 15) is 9.50 Å². The number of hydrogen-bond acceptors (Lipinski definition) is 3. The molecule has 0 amide bonds. The number of piperidine rings is 1. The van der Waals surface area contributed by atoms with Crippen molar-refractivity contribution in [2.75, 3.05) is 25.0 Å². The van der Waals surface area contributed by atoms with Crippen LogP contribution in [0.5, 0.6) is 0 Å². The summed E-state index contributed by atoms with van der Waals surface area (Å²) in [5.74, 6) is 0.289. The smallest absolute Gasteiger partial charge is 0.125 e. The second-order valence-electron chi connectivity index (χ2n) is 4.93. The minimum atomic E-state index is -0.222. The summed E-state index contributed by atoms with van der Waals surface area (Å²) in [5.41, 5.74) is 1.89. The van der Waals surface area contributed by atoms with Crippen LogP contribution in [0.4, 0.5) is 10.1 Å². The van der Waals surface area contributed by atoms with Gasteiger partial charge in [0.05, 0.1) is 6.61 Å². The average molecular weight is 236 g/mol. The van der Waals surface area contributed by atoms with Crippen LogP contribution in [0.2, 0.25) is 0 Å². The zero-order chi connectivity index (χ0) is 11.8. The van der Waals surface area contributed by atoms with E-state index in [1.165, 1.54) is 12.1 Å². The van der Waals surface area contributed by atoms with Crippen molar-refractivity contribution in [2.45, 2.75) is 18.4 Å². The molecule has 3 atom stereocenters. The lowest BCUT2D eigenvalue weighted by atomic mass is 9.75. The first-order valence-corrected chi connectivity index (χ1v) is 6.17. The molecule has 1 aromatic carbocycles. The van der Waals surface area contributed by atoms with Crippen molar-refractivity contribution in [2.24, 2.45) is 5.92 Å². The van der Waals surface area contributed by atoms with Gasteiger partial charge in [-0.3, -0.25) is 0 Å². The Balaban J connectivity index is 2.01. The Morgan fingerprint density at radius 1 is 1.41 bits per heavy atom. The van der Waals surface area contributed by atoms with E-state index in [0.717, 1.165) is 30.8 Å². The molecule has 3 unspecified atom stereocenters. The lowest BCUT2D eigenvalue weighted by Crippen LogP contribution is -2.49. The third-order valence-corrected chi connectivity index (χ3v) is 4.00. The average Bonchev–Trinajstić information content (AvgIpc) is 2.35. The normalized spacial score (nSPS) is 31.3. The number of aliphatic hydroxyl groups excluding tert-OH is 1. The van der Waals surface area contributed by atoms with Gasteiger partial charge in [0.25, 0.3) is 0 Å². The Hall–Kier alpha value is -1.13. The van der Waals surface area contributed by atoms with Crippen molar-refractivity contribution < 1.29 is 9.50 Å². The highest BCUT2D eigenvalue weighted by Crippen LogP contribution is 2.40. The number of rotatable bonds is 1. The van der Waals surface area contributed by atoms with Crippen LogP contribution in [-0.2, 0) is 0 Å². The fourth-order valence-electron chi connectivity index (χ4n) is 3.13. The first-order chi connectivity index (χ1) is 8.29. The standard InChI is InChI=1S/C13H17FN2O/c14-8-1-2-9-11(7-17)10-6-15-4-3-12(10)16-13(9)5-8/h1-2,5,10-12,15-17H,3-4,6-7H2. The molecule has 0 aliphatic carbocycles. The fraction of sp³-hybridized carbons (Fsp3) is 0.538. The first-order valence-electron chi connectivity index (χ1n) is 6.17. The summed E-state index contributed by atoms with van der Waals surface area (Å²) in [5, 5.41) is 16.4. The van der Waals surface area contributed by atoms with Crippen LogP contribution in [0, 0.1) is 11.7 Å². The van der Waals surface area contributed by atoms with E-state index < -0.39 is 0 Å². The van der Waals surface area contributed by atoms with Crippen molar-refractivity contribution in [3.63, 3.8) is 0 Å². The summed E-state index contributed by atoms with van der Waals surface area (Å²) >= 11 is 0. The maximum absolute atomic E-state index is 13.2. The molecule has 1 aromatic rings. The van der Waals surface area contributed by atoms with Crippen LogP contribution in [0.1, 0.15) is 17.9 Å². The van der Waals surface area contributed by atoms with E-state index in [0.29, 0.717) is 12.0 Å². The van der Waals surface area contributed by atoms with Crippen molar-refractivity contribution in [1.82, 2.24) is 5.32 Å². The highest BCUT2D eigenvalue weighted by molar-refractivity contribution is 5.57. The first kappa shape index (κ1) is 11.0. The summed E-state index contributed by atoms with van der Waals surface area (Å²) in [6.45, 7) is 2.03. The van der Waals surface area contributed by atoms with Gasteiger partial charge >= 0.3 is 0 Å². The van der Waals surface area contributed by atoms with Crippen molar-refractivity contribution >= 4 is 5.69 Å². The summed E-state index contributed by atoms with van der Waals surface area (Å²) in [4.78, 5) is 0. The Bertz CT molecular complexity index is 424. The zero-order valence-electron chi connectivity index (χ0n) is 9.62. The molecule has 17 heavy (non-hydrogen) atoms. The number of anilines is 1. The van der Waals surface area contributed by atoms with Gasteiger partial charge in [0.2, 0.25) is 0 Å². The Kier molecular flexibility index (Phi) is 2.76. The van der Waals surface area contributed by atoms with Gasteiger partial charge in [-0.1, -0.05) is 6.07 Å². The molecular formula is C13H17FN2O. The van der Waals surface area contributed by atoms with Gasteiger partial charge in [-0.2, -0.15) is 0 Å². The predicted molar refractivity (Wildman–Crippen MR) is 64.6 cm³/mol. The molecular weight excluding hydrogens is 219 g/mol. The van der Waals surface area contributed by atoms with Gasteiger partial charge in [0.1, 0.15) is 5.82 Å². The summed E-state index contributed by atoms with van der Waals surface area (Å²) in [6.07, 6.45) is 1.02. The maximum atomic E-state index is 13.2. The van der Waals surface area contributed by atoms with Crippen LogP contribution in [0.25, 0.3) is 0 Å². The molecule has 3 rings (SSSR count). The van der Waals surface area contributed by atoms with E-state index in [1.807, 2.05) is 0 Å². The molecule has 2 aliphatic rings. The molecule has 92 valence electrons. The lowest BCUT2D eigenvalue weighted by molar-refractivity contribution is 0.189. The molecule has 0 radical (unpaired) electrons. The number of hydrogen-bond donors (Lipinski definition) is 3. The Morgan fingerprint density at radius 3 is 3.12 bits per heavy atom. The second-order valence-corrected chi connectivity index (χ2v) is 4.93. The molecule has 1 saturated heterocycles. The Morgan fingerprint density at radius 2 is 2.29 bits per heavy atom. The van der Waals surface area contributed by atoms with Gasteiger partial charge < -0.3 is 15.7 Å². The number of benzene rings is 1. The number of fused-ring (bicyclic) bond motifs is 2. The third-order valence-electron chi connectivity index (χ3n) is 4.00. The van der Waals surface area contributed by atoms with Crippen LogP contribution in [0.3, 0.4) is 0 Å². The molecule has 0 saturated carbocycles. The topological polar surface area (TPSA) is 44.3 Å². The molecule has 3 N–H and O–H groups in total. The molecule has 0 aromatic heterocycles. The lowest BCUT2D eigenvalue weighted by Gasteiger charge is -2.43. The molecule has 0 bridgehead atoms. The van der Waals surface area contributed by atoms with Crippen LogP contribution in [0.15, 0.2) is 18.2 Å². The third kappa shape index (κ3) is 1.81. The maximum Gasteiger partial charge on any atom is 0.125 e. The van der Waals surface area contributed by atoms with E-state index in [-0.39, 0.29) is 18.3 Å². The molecule has 1 fully saturated rings. The van der Waals surface area contributed by atoms with Crippen molar-refractivity contribution in [1.29, 1.82) is 0 Å². The number of aliphatic hydroxyl groups is 1. The molecule has 3 nitrogen and oxygen atoms in total. The van der Waals surface area contributed by atoms with E-state index in [1.54, 1.807) is 6.07 Å². The van der Waals surface area contributed by atoms with Crippen molar-refractivity contribution in [3.8, 4) is 0 Å². The number of nitrogens with one attached hydrogen (secondary N) is 2. The molecule has 2 aliphatic heterocycles. The predicted octanol–water partition coefficient (Wildman–Crippen LogP) is 1.31. The number of halogens is 1. The van der Waals surface area contributed by atoms with Gasteiger partial charge in [0, 0.05) is 30.1 Å². The van der Waals surface area contributed by atoms with Crippen LogP contribution in [-0.4, -0.2) is 30.8 Å². The van der Waals surface area contributed by atoms with Gasteiger partial charge in [0.15, 0.2) is 0 Å². The second kappa shape index (κ2) is 4.27. The summed E-state index contributed by atoms with van der Waals surface area (Å²) in [6, 6.07) is 5.15. The monoisotopic (exact) mass is 236 g/mol. The largest absolute Gasteiger partial charge is 0.396 e. The SMILES string of the molecule is OCC1c2ccc(F)cc2NC2CCNCC21. The van der Waals surface area contributed by atoms with E-state index in [2.05, 4.69) is 10.6 Å². The minimum Gasteiger partial charge on any atom is -0.396 e. The van der Waals surface area contributed by atoms with Crippen LogP contribution >= 0.6 is 0 Å². The van der Waals surface area contributed by atoms with Gasteiger partial charge in [-0.05, 0) is 30.7 Å². The van der Waals surface area contributed by atoms with Crippen molar-refractivity contribution in [3.05, 3.63) is 29.6 Å². The molecule has 4 heteroatoms. The highest BCUT2D eigenvalue weighted by atomic mass is 19.1. The minimum absolute atomic E-state index is 0.115. The van der Waals surface area contributed by atoms with E-state index in [4.69, 9.17) is 0 Å². The molecule has 0 spiro atoms. The zero-order valence-corrected chi connectivity index (χ0v) is 9.62. The fourth-order valence-corrected chi connectivity index (χ4v) is 3.13. The van der Waals surface area contributed by atoms with Gasteiger partial charge in [-0.25, -0.2) is 4.39 Å². The van der Waals surface area contributed by atoms with Gasteiger partial charge in [-0.15, -0.1) is 0 Å². The highest BCUT2D eigenvalue weighted by Gasteiger charge is 2.37. The molecule has 2 heterocycles. The quantitative estimate of drug-likeness (QED) is 0.689. The van der Waals surface area contributed by atoms with Crippen LogP contribution < -0.4 is 10.6 Å².